The molecule has 0 aromatic carbocycles. The Hall–Kier alpha value is -1.52. The fourth-order valence-electron chi connectivity index (χ4n) is 2.61. The molecule has 0 aromatic heterocycles. The van der Waals surface area contributed by atoms with Gasteiger partial charge in [-0.15, -0.1) is 0 Å². The average molecular weight is 278 g/mol. The molecule has 5 heteroatoms. The van der Waals surface area contributed by atoms with Crippen molar-refractivity contribution in [2.45, 2.75) is 50.6 Å². The first kappa shape index (κ1) is 14.9. The van der Waals surface area contributed by atoms with Crippen LogP contribution in [0.15, 0.2) is 17.1 Å². The van der Waals surface area contributed by atoms with Crippen LogP contribution in [-0.2, 0) is 4.79 Å². The molecule has 5 nitrogen and oxygen atoms in total. The molecule has 1 saturated carbocycles. The SMILES string of the molecule is CN(C)C(=O)CN=C(NC1CC=CC1)NC1CCCC1. The first-order valence-electron chi connectivity index (χ1n) is 7.58. The van der Waals surface area contributed by atoms with E-state index in [1.54, 1.807) is 19.0 Å². The Morgan fingerprint density at radius 2 is 1.75 bits per heavy atom. The monoisotopic (exact) mass is 278 g/mol. The lowest BCUT2D eigenvalue weighted by molar-refractivity contribution is -0.127. The van der Waals surface area contributed by atoms with E-state index in [4.69, 9.17) is 0 Å². The molecule has 0 atom stereocenters. The molecule has 0 radical (unpaired) electrons. The molecule has 2 aliphatic carbocycles. The summed E-state index contributed by atoms with van der Waals surface area (Å²) in [5, 5.41) is 6.92. The lowest BCUT2D eigenvalue weighted by Crippen LogP contribution is -2.46. The summed E-state index contributed by atoms with van der Waals surface area (Å²) in [5.74, 6) is 0.822. The Balaban J connectivity index is 1.90. The van der Waals surface area contributed by atoms with E-state index in [-0.39, 0.29) is 12.5 Å². The fourth-order valence-corrected chi connectivity index (χ4v) is 2.61. The zero-order chi connectivity index (χ0) is 14.4. The average Bonchev–Trinajstić information content (AvgIpc) is 3.08. The predicted octanol–water partition coefficient (Wildman–Crippen LogP) is 1.27. The lowest BCUT2D eigenvalue weighted by atomic mass is 10.2. The first-order chi connectivity index (χ1) is 9.65. The fraction of sp³-hybridized carbons (Fsp3) is 0.733. The van der Waals surface area contributed by atoms with Crippen LogP contribution in [0.1, 0.15) is 38.5 Å². The third kappa shape index (κ3) is 4.54. The minimum Gasteiger partial charge on any atom is -0.354 e. The van der Waals surface area contributed by atoms with Gasteiger partial charge in [-0.05, 0) is 25.7 Å². The first-order valence-corrected chi connectivity index (χ1v) is 7.58. The largest absolute Gasteiger partial charge is 0.354 e. The van der Waals surface area contributed by atoms with Gasteiger partial charge in [0.1, 0.15) is 6.54 Å². The molecule has 0 aromatic rings. The number of nitrogens with one attached hydrogen (secondary N) is 2. The number of hydrogen-bond acceptors (Lipinski definition) is 2. The Morgan fingerprint density at radius 3 is 2.35 bits per heavy atom. The summed E-state index contributed by atoms with van der Waals surface area (Å²) in [6, 6.07) is 0.919. The molecule has 0 heterocycles. The summed E-state index contributed by atoms with van der Waals surface area (Å²) in [6.07, 6.45) is 11.4. The highest BCUT2D eigenvalue weighted by Crippen LogP contribution is 2.17. The zero-order valence-electron chi connectivity index (χ0n) is 12.6. The number of guanidine groups is 1. The molecule has 0 unspecified atom stereocenters. The lowest BCUT2D eigenvalue weighted by Gasteiger charge is -2.21. The molecular formula is C15H26N4O. The number of carbonyl (C=O) groups excluding carboxylic acids is 1. The summed E-state index contributed by atoms with van der Waals surface area (Å²) in [6.45, 7) is 0.204. The van der Waals surface area contributed by atoms with Crippen molar-refractivity contribution >= 4 is 11.9 Å². The number of nitrogens with zero attached hydrogens (tertiary/aromatic N) is 2. The number of hydrogen-bond donors (Lipinski definition) is 2. The van der Waals surface area contributed by atoms with Gasteiger partial charge in [-0.25, -0.2) is 4.99 Å². The maximum absolute atomic E-state index is 11.7. The summed E-state index contributed by atoms with van der Waals surface area (Å²) >= 11 is 0. The molecule has 1 fully saturated rings. The van der Waals surface area contributed by atoms with Gasteiger partial charge in [0.25, 0.3) is 0 Å². The van der Waals surface area contributed by atoms with Crippen molar-refractivity contribution in [3.63, 3.8) is 0 Å². The summed E-state index contributed by atoms with van der Waals surface area (Å²) in [7, 11) is 3.52. The van der Waals surface area contributed by atoms with Gasteiger partial charge < -0.3 is 15.5 Å². The molecule has 2 N–H and O–H groups in total. The number of likely N-dealkylation sites (N-methyl/N-ethyl adjacent to an activating group) is 1. The molecule has 0 aliphatic heterocycles. The second-order valence-electron chi connectivity index (χ2n) is 5.86. The predicted molar refractivity (Wildman–Crippen MR) is 81.7 cm³/mol. The smallest absolute Gasteiger partial charge is 0.243 e. The molecule has 112 valence electrons. The van der Waals surface area contributed by atoms with E-state index in [9.17, 15) is 4.79 Å². The van der Waals surface area contributed by atoms with Crippen molar-refractivity contribution in [2.75, 3.05) is 20.6 Å². The van der Waals surface area contributed by atoms with Crippen molar-refractivity contribution < 1.29 is 4.79 Å². The maximum atomic E-state index is 11.7. The van der Waals surface area contributed by atoms with Crippen molar-refractivity contribution in [1.82, 2.24) is 15.5 Å². The summed E-state index contributed by atoms with van der Waals surface area (Å²) in [4.78, 5) is 17.7. The second kappa shape index (κ2) is 7.31. The van der Waals surface area contributed by atoms with Crippen LogP contribution < -0.4 is 10.6 Å². The summed E-state index contributed by atoms with van der Waals surface area (Å²) in [5.41, 5.74) is 0. The maximum Gasteiger partial charge on any atom is 0.243 e. The van der Waals surface area contributed by atoms with Gasteiger partial charge in [-0.1, -0.05) is 25.0 Å². The highest BCUT2D eigenvalue weighted by molar-refractivity contribution is 5.85. The van der Waals surface area contributed by atoms with E-state index in [0.29, 0.717) is 12.1 Å². The Bertz CT molecular complexity index is 369. The normalized spacial score (nSPS) is 20.4. The zero-order valence-corrected chi connectivity index (χ0v) is 12.6. The van der Waals surface area contributed by atoms with Gasteiger partial charge >= 0.3 is 0 Å². The van der Waals surface area contributed by atoms with E-state index in [0.717, 1.165) is 18.8 Å². The van der Waals surface area contributed by atoms with Crippen LogP contribution in [-0.4, -0.2) is 49.5 Å². The van der Waals surface area contributed by atoms with Crippen molar-refractivity contribution in [3.8, 4) is 0 Å². The van der Waals surface area contributed by atoms with E-state index >= 15 is 0 Å². The Morgan fingerprint density at radius 1 is 1.15 bits per heavy atom. The third-order valence-corrected chi connectivity index (χ3v) is 3.92. The molecule has 1 amide bonds. The van der Waals surface area contributed by atoms with Crippen LogP contribution in [0.25, 0.3) is 0 Å². The van der Waals surface area contributed by atoms with Crippen LogP contribution in [0.2, 0.25) is 0 Å². The van der Waals surface area contributed by atoms with Gasteiger partial charge in [0.15, 0.2) is 5.96 Å². The van der Waals surface area contributed by atoms with Crippen molar-refractivity contribution in [3.05, 3.63) is 12.2 Å². The Labute approximate surface area is 121 Å². The van der Waals surface area contributed by atoms with Crippen LogP contribution in [0, 0.1) is 0 Å². The molecular weight excluding hydrogens is 252 g/mol. The van der Waals surface area contributed by atoms with Gasteiger partial charge in [0.2, 0.25) is 5.91 Å². The highest BCUT2D eigenvalue weighted by Gasteiger charge is 2.18. The van der Waals surface area contributed by atoms with E-state index in [1.807, 2.05) is 0 Å². The van der Waals surface area contributed by atoms with Crippen LogP contribution >= 0.6 is 0 Å². The molecule has 2 rings (SSSR count). The molecule has 0 saturated heterocycles. The number of aliphatic imine (C=N–C) groups is 1. The topological polar surface area (TPSA) is 56.7 Å². The van der Waals surface area contributed by atoms with Crippen molar-refractivity contribution in [1.29, 1.82) is 0 Å². The highest BCUT2D eigenvalue weighted by atomic mass is 16.2. The third-order valence-electron chi connectivity index (χ3n) is 3.92. The molecule has 0 bridgehead atoms. The number of carbonyl (C=O) groups is 1. The molecule has 2 aliphatic rings. The van der Waals surface area contributed by atoms with E-state index in [1.165, 1.54) is 25.7 Å². The van der Waals surface area contributed by atoms with Crippen LogP contribution in [0.4, 0.5) is 0 Å². The van der Waals surface area contributed by atoms with E-state index < -0.39 is 0 Å². The quantitative estimate of drug-likeness (QED) is 0.462. The second-order valence-corrected chi connectivity index (χ2v) is 5.86. The van der Waals surface area contributed by atoms with Gasteiger partial charge in [-0.2, -0.15) is 0 Å². The minimum absolute atomic E-state index is 0.0297. The summed E-state index contributed by atoms with van der Waals surface area (Å²) < 4.78 is 0. The van der Waals surface area contributed by atoms with Gasteiger partial charge in [0.05, 0.1) is 0 Å². The van der Waals surface area contributed by atoms with E-state index in [2.05, 4.69) is 27.8 Å². The minimum atomic E-state index is 0.0297. The Kier molecular flexibility index (Phi) is 5.44. The van der Waals surface area contributed by atoms with Crippen LogP contribution in [0.3, 0.4) is 0 Å². The molecule has 0 spiro atoms. The molecule has 20 heavy (non-hydrogen) atoms. The standard InChI is InChI=1S/C15H26N4O/c1-19(2)14(20)11-16-15(17-12-7-3-4-8-12)18-13-9-5-6-10-13/h3-4,12-13H,5-11H2,1-2H3,(H2,16,17,18). The van der Waals surface area contributed by atoms with Gasteiger partial charge in [0, 0.05) is 26.2 Å². The van der Waals surface area contributed by atoms with Crippen molar-refractivity contribution in [2.24, 2.45) is 4.99 Å². The van der Waals surface area contributed by atoms with Gasteiger partial charge in [-0.3, -0.25) is 4.79 Å². The number of amides is 1. The van der Waals surface area contributed by atoms with Crippen LogP contribution in [0.5, 0.6) is 0 Å². The number of rotatable bonds is 4.